The van der Waals surface area contributed by atoms with Crippen LogP contribution in [0.1, 0.15) is 5.56 Å². The van der Waals surface area contributed by atoms with Crippen LogP contribution in [-0.2, 0) is 11.3 Å². The minimum absolute atomic E-state index is 0.278. The average Bonchev–Trinajstić information content (AvgIpc) is 2.30. The van der Waals surface area contributed by atoms with E-state index in [0.717, 1.165) is 22.2 Å². The first kappa shape index (κ1) is 8.95. The number of pyridine rings is 1. The van der Waals surface area contributed by atoms with E-state index < -0.39 is 0 Å². The molecular formula is C11H8ClNO2. The van der Waals surface area contributed by atoms with Gasteiger partial charge in [-0.05, 0) is 18.2 Å². The van der Waals surface area contributed by atoms with E-state index in [-0.39, 0.29) is 6.79 Å². The molecule has 76 valence electrons. The second-order valence-corrected chi connectivity index (χ2v) is 3.76. The highest BCUT2D eigenvalue weighted by Gasteiger charge is 2.16. The summed E-state index contributed by atoms with van der Waals surface area (Å²) in [7, 11) is 0. The molecule has 0 spiro atoms. The summed E-state index contributed by atoms with van der Waals surface area (Å²) < 4.78 is 10.6. The van der Waals surface area contributed by atoms with Gasteiger partial charge < -0.3 is 9.47 Å². The summed E-state index contributed by atoms with van der Waals surface area (Å²) >= 11 is 6.14. The minimum atomic E-state index is 0.278. The van der Waals surface area contributed by atoms with Gasteiger partial charge in [-0.3, -0.25) is 4.98 Å². The van der Waals surface area contributed by atoms with Crippen LogP contribution in [0.15, 0.2) is 24.4 Å². The molecule has 3 rings (SSSR count). The van der Waals surface area contributed by atoms with Gasteiger partial charge in [-0.15, -0.1) is 0 Å². The molecule has 2 heterocycles. The van der Waals surface area contributed by atoms with E-state index in [0.29, 0.717) is 11.6 Å². The van der Waals surface area contributed by atoms with Crippen LogP contribution < -0.4 is 4.74 Å². The largest absolute Gasteiger partial charge is 0.465 e. The number of ether oxygens (including phenoxy) is 2. The predicted molar refractivity (Wildman–Crippen MR) is 57.0 cm³/mol. The van der Waals surface area contributed by atoms with Gasteiger partial charge in [-0.2, -0.15) is 0 Å². The van der Waals surface area contributed by atoms with Crippen molar-refractivity contribution in [2.45, 2.75) is 6.61 Å². The molecule has 0 amide bonds. The SMILES string of the molecule is Clc1cc2c(c3ncccc13)OCOC2. The van der Waals surface area contributed by atoms with E-state index in [1.54, 1.807) is 6.20 Å². The fourth-order valence-electron chi connectivity index (χ4n) is 1.75. The van der Waals surface area contributed by atoms with Crippen molar-refractivity contribution in [1.29, 1.82) is 0 Å². The van der Waals surface area contributed by atoms with Gasteiger partial charge in [0.05, 0.1) is 11.6 Å². The van der Waals surface area contributed by atoms with Gasteiger partial charge in [-0.25, -0.2) is 0 Å². The van der Waals surface area contributed by atoms with Crippen molar-refractivity contribution in [3.8, 4) is 5.75 Å². The number of hydrogen-bond acceptors (Lipinski definition) is 3. The van der Waals surface area contributed by atoms with Gasteiger partial charge in [-0.1, -0.05) is 11.6 Å². The summed E-state index contributed by atoms with van der Waals surface area (Å²) in [4.78, 5) is 4.29. The van der Waals surface area contributed by atoms with Crippen molar-refractivity contribution in [2.24, 2.45) is 0 Å². The first-order valence-corrected chi connectivity index (χ1v) is 5.01. The molecule has 2 aromatic rings. The topological polar surface area (TPSA) is 31.4 Å². The van der Waals surface area contributed by atoms with Crippen LogP contribution in [0.3, 0.4) is 0 Å². The molecule has 15 heavy (non-hydrogen) atoms. The normalized spacial score (nSPS) is 14.7. The molecule has 4 heteroatoms. The van der Waals surface area contributed by atoms with Crippen LogP contribution in [-0.4, -0.2) is 11.8 Å². The smallest absolute Gasteiger partial charge is 0.189 e. The minimum Gasteiger partial charge on any atom is -0.465 e. The van der Waals surface area contributed by atoms with Crippen molar-refractivity contribution in [1.82, 2.24) is 4.98 Å². The fourth-order valence-corrected chi connectivity index (χ4v) is 2.03. The Morgan fingerprint density at radius 1 is 1.40 bits per heavy atom. The number of hydrogen-bond donors (Lipinski definition) is 0. The second kappa shape index (κ2) is 3.36. The van der Waals surface area contributed by atoms with Crippen LogP contribution in [0.25, 0.3) is 10.9 Å². The molecule has 0 aliphatic carbocycles. The van der Waals surface area contributed by atoms with Crippen LogP contribution >= 0.6 is 11.6 Å². The molecule has 0 fully saturated rings. The fraction of sp³-hybridized carbons (Fsp3) is 0.182. The molecule has 0 N–H and O–H groups in total. The molecule has 1 aliphatic rings. The second-order valence-electron chi connectivity index (χ2n) is 3.36. The molecule has 1 aliphatic heterocycles. The van der Waals surface area contributed by atoms with Crippen LogP contribution in [0, 0.1) is 0 Å². The van der Waals surface area contributed by atoms with E-state index >= 15 is 0 Å². The zero-order valence-corrected chi connectivity index (χ0v) is 8.62. The van der Waals surface area contributed by atoms with Crippen molar-refractivity contribution in [3.63, 3.8) is 0 Å². The standard InChI is InChI=1S/C11H8ClNO2/c12-9-4-7-5-14-6-15-11(7)10-8(9)2-1-3-13-10/h1-4H,5-6H2. The van der Waals surface area contributed by atoms with Crippen molar-refractivity contribution >= 4 is 22.5 Å². The van der Waals surface area contributed by atoms with E-state index in [1.807, 2.05) is 18.2 Å². The maximum absolute atomic E-state index is 6.14. The quantitative estimate of drug-likeness (QED) is 0.686. The monoisotopic (exact) mass is 221 g/mol. The summed E-state index contributed by atoms with van der Waals surface area (Å²) in [6.45, 7) is 0.807. The molecule has 0 radical (unpaired) electrons. The molecule has 1 aromatic carbocycles. The molecule has 0 atom stereocenters. The summed E-state index contributed by atoms with van der Waals surface area (Å²) in [6.07, 6.45) is 1.73. The summed E-state index contributed by atoms with van der Waals surface area (Å²) in [6, 6.07) is 5.67. The third-order valence-corrected chi connectivity index (χ3v) is 2.73. The van der Waals surface area contributed by atoms with Gasteiger partial charge in [0.25, 0.3) is 0 Å². The number of halogens is 1. The van der Waals surface area contributed by atoms with Crippen LogP contribution in [0.4, 0.5) is 0 Å². The Morgan fingerprint density at radius 3 is 3.27 bits per heavy atom. The predicted octanol–water partition coefficient (Wildman–Crippen LogP) is 2.75. The lowest BCUT2D eigenvalue weighted by Gasteiger charge is -2.19. The first-order valence-electron chi connectivity index (χ1n) is 4.63. The molecule has 0 saturated carbocycles. The van der Waals surface area contributed by atoms with E-state index in [2.05, 4.69) is 4.98 Å². The van der Waals surface area contributed by atoms with Crippen molar-refractivity contribution < 1.29 is 9.47 Å². The van der Waals surface area contributed by atoms with E-state index in [1.165, 1.54) is 0 Å². The van der Waals surface area contributed by atoms with Gasteiger partial charge in [0.2, 0.25) is 0 Å². The van der Waals surface area contributed by atoms with Crippen LogP contribution in [0.2, 0.25) is 5.02 Å². The molecule has 0 bridgehead atoms. The summed E-state index contributed by atoms with van der Waals surface area (Å²) in [5.41, 5.74) is 1.76. The molecular weight excluding hydrogens is 214 g/mol. The van der Waals surface area contributed by atoms with Crippen molar-refractivity contribution in [3.05, 3.63) is 35.0 Å². The highest BCUT2D eigenvalue weighted by Crippen LogP contribution is 2.35. The highest BCUT2D eigenvalue weighted by molar-refractivity contribution is 6.35. The van der Waals surface area contributed by atoms with Gasteiger partial charge >= 0.3 is 0 Å². The number of benzene rings is 1. The van der Waals surface area contributed by atoms with Gasteiger partial charge in [0.15, 0.2) is 12.5 Å². The lowest BCUT2D eigenvalue weighted by atomic mass is 10.1. The first-order chi connectivity index (χ1) is 7.36. The van der Waals surface area contributed by atoms with Crippen molar-refractivity contribution in [2.75, 3.05) is 6.79 Å². The molecule has 0 unspecified atom stereocenters. The lowest BCUT2D eigenvalue weighted by molar-refractivity contribution is -0.0153. The zero-order valence-electron chi connectivity index (χ0n) is 7.87. The lowest BCUT2D eigenvalue weighted by Crippen LogP contribution is -2.11. The molecule has 1 aromatic heterocycles. The number of nitrogens with zero attached hydrogens (tertiary/aromatic N) is 1. The Kier molecular flexibility index (Phi) is 2.01. The number of rotatable bonds is 0. The van der Waals surface area contributed by atoms with E-state index in [9.17, 15) is 0 Å². The van der Waals surface area contributed by atoms with Gasteiger partial charge in [0.1, 0.15) is 5.52 Å². The van der Waals surface area contributed by atoms with E-state index in [4.69, 9.17) is 21.1 Å². The third kappa shape index (κ3) is 1.35. The third-order valence-electron chi connectivity index (χ3n) is 2.42. The Bertz CT molecular complexity index is 527. The number of fused-ring (bicyclic) bond motifs is 3. The Morgan fingerprint density at radius 2 is 2.33 bits per heavy atom. The maximum Gasteiger partial charge on any atom is 0.189 e. The Balaban J connectivity index is 2.39. The zero-order chi connectivity index (χ0) is 10.3. The van der Waals surface area contributed by atoms with Gasteiger partial charge in [0, 0.05) is 17.1 Å². The summed E-state index contributed by atoms with van der Waals surface area (Å²) in [5.74, 6) is 0.793. The van der Waals surface area contributed by atoms with Crippen LogP contribution in [0.5, 0.6) is 5.75 Å². The Labute approximate surface area is 91.6 Å². The Hall–Kier alpha value is -1.32. The number of aromatic nitrogens is 1. The average molecular weight is 222 g/mol. The molecule has 3 nitrogen and oxygen atoms in total. The summed E-state index contributed by atoms with van der Waals surface area (Å²) in [5, 5.41) is 1.60. The maximum atomic E-state index is 6.14. The molecule has 0 saturated heterocycles. The highest BCUT2D eigenvalue weighted by atomic mass is 35.5.